The number of aryl methyl sites for hydroxylation is 1. The lowest BCUT2D eigenvalue weighted by Gasteiger charge is -2.30. The highest BCUT2D eigenvalue weighted by atomic mass is 35.5. The predicted molar refractivity (Wildman–Crippen MR) is 103 cm³/mol. The van der Waals surface area contributed by atoms with Crippen LogP contribution in [-0.2, 0) is 14.8 Å². The van der Waals surface area contributed by atoms with Crippen LogP contribution in [0.5, 0.6) is 0 Å². The first-order valence-corrected chi connectivity index (χ1v) is 10.3. The van der Waals surface area contributed by atoms with E-state index in [-0.39, 0.29) is 11.8 Å². The van der Waals surface area contributed by atoms with Gasteiger partial charge in [0.05, 0.1) is 4.90 Å². The van der Waals surface area contributed by atoms with Gasteiger partial charge in [0.1, 0.15) is 0 Å². The Labute approximate surface area is 159 Å². The predicted octanol–water partition coefficient (Wildman–Crippen LogP) is 3.69. The maximum Gasteiger partial charge on any atom is 0.243 e. The fraction of sp³-hybridized carbons (Fsp3) is 0.316. The minimum Gasteiger partial charge on any atom is -0.326 e. The lowest BCUT2D eigenvalue weighted by Crippen LogP contribution is -2.41. The zero-order valence-corrected chi connectivity index (χ0v) is 16.1. The van der Waals surface area contributed by atoms with Crippen LogP contribution in [0, 0.1) is 12.8 Å². The normalized spacial score (nSPS) is 16.4. The number of piperidine rings is 1. The van der Waals surface area contributed by atoms with Crippen molar-refractivity contribution in [1.29, 1.82) is 0 Å². The molecular formula is C19H21ClN2O3S. The standard InChI is InChI=1S/C19H21ClN2O3S/c1-14-2-8-18(9-3-14)26(24,25)22-12-10-15(11-13-22)19(23)21-17-6-4-16(20)5-7-17/h2-9,15H,10-13H2,1H3,(H,21,23). The molecule has 0 saturated carbocycles. The molecule has 1 N–H and O–H groups in total. The molecule has 138 valence electrons. The molecule has 1 aliphatic heterocycles. The third kappa shape index (κ3) is 4.26. The van der Waals surface area contributed by atoms with Crippen molar-refractivity contribution in [2.45, 2.75) is 24.7 Å². The first-order valence-electron chi connectivity index (χ1n) is 8.49. The number of sulfonamides is 1. The van der Waals surface area contributed by atoms with E-state index in [0.717, 1.165) is 5.56 Å². The van der Waals surface area contributed by atoms with E-state index in [1.54, 1.807) is 48.5 Å². The monoisotopic (exact) mass is 392 g/mol. The fourth-order valence-corrected chi connectivity index (χ4v) is 4.59. The maximum absolute atomic E-state index is 12.7. The Balaban J connectivity index is 1.60. The zero-order valence-electron chi connectivity index (χ0n) is 14.5. The summed E-state index contributed by atoms with van der Waals surface area (Å²) in [6.45, 7) is 2.60. The molecule has 0 unspecified atom stereocenters. The summed E-state index contributed by atoms with van der Waals surface area (Å²) in [6.07, 6.45) is 1.01. The number of benzene rings is 2. The van der Waals surface area contributed by atoms with E-state index < -0.39 is 10.0 Å². The Morgan fingerprint density at radius 2 is 1.62 bits per heavy atom. The number of anilines is 1. The molecule has 5 nitrogen and oxygen atoms in total. The largest absolute Gasteiger partial charge is 0.326 e. The zero-order chi connectivity index (χ0) is 18.7. The molecule has 1 amide bonds. The number of carbonyl (C=O) groups excluding carboxylic acids is 1. The molecule has 2 aromatic rings. The molecule has 0 aromatic heterocycles. The van der Waals surface area contributed by atoms with E-state index >= 15 is 0 Å². The van der Waals surface area contributed by atoms with Crippen molar-refractivity contribution in [3.05, 3.63) is 59.1 Å². The van der Waals surface area contributed by atoms with Crippen LogP contribution in [0.1, 0.15) is 18.4 Å². The van der Waals surface area contributed by atoms with Crippen molar-refractivity contribution in [2.75, 3.05) is 18.4 Å². The minimum absolute atomic E-state index is 0.0836. The summed E-state index contributed by atoms with van der Waals surface area (Å²) in [5.74, 6) is -0.283. The summed E-state index contributed by atoms with van der Waals surface area (Å²) in [7, 11) is -3.50. The van der Waals surface area contributed by atoms with Gasteiger partial charge in [-0.2, -0.15) is 4.31 Å². The number of hydrogen-bond acceptors (Lipinski definition) is 3. The van der Waals surface area contributed by atoms with Crippen molar-refractivity contribution >= 4 is 33.2 Å². The van der Waals surface area contributed by atoms with Crippen molar-refractivity contribution in [2.24, 2.45) is 5.92 Å². The molecule has 1 fully saturated rings. The lowest BCUT2D eigenvalue weighted by atomic mass is 9.97. The second-order valence-corrected chi connectivity index (χ2v) is 8.86. The van der Waals surface area contributed by atoms with Gasteiger partial charge in [-0.1, -0.05) is 29.3 Å². The molecule has 1 aliphatic rings. The third-order valence-corrected chi connectivity index (χ3v) is 6.76. The van der Waals surface area contributed by atoms with Gasteiger partial charge >= 0.3 is 0 Å². The van der Waals surface area contributed by atoms with Gasteiger partial charge in [-0.25, -0.2) is 8.42 Å². The molecule has 26 heavy (non-hydrogen) atoms. The smallest absolute Gasteiger partial charge is 0.243 e. The Morgan fingerprint density at radius 3 is 2.19 bits per heavy atom. The number of carbonyl (C=O) groups is 1. The summed E-state index contributed by atoms with van der Waals surface area (Å²) in [4.78, 5) is 12.7. The second-order valence-electron chi connectivity index (χ2n) is 6.49. The summed E-state index contributed by atoms with van der Waals surface area (Å²) >= 11 is 5.84. The molecule has 0 bridgehead atoms. The Morgan fingerprint density at radius 1 is 1.04 bits per heavy atom. The number of halogens is 1. The number of hydrogen-bond donors (Lipinski definition) is 1. The van der Waals surface area contributed by atoms with Crippen molar-refractivity contribution < 1.29 is 13.2 Å². The number of amides is 1. The van der Waals surface area contributed by atoms with Gasteiger partial charge < -0.3 is 5.32 Å². The molecule has 0 aliphatic carbocycles. The van der Waals surface area contributed by atoms with E-state index in [4.69, 9.17) is 11.6 Å². The van der Waals surface area contributed by atoms with E-state index in [2.05, 4.69) is 5.32 Å². The molecule has 0 radical (unpaired) electrons. The van der Waals surface area contributed by atoms with Gasteiger partial charge in [-0.3, -0.25) is 4.79 Å². The van der Waals surface area contributed by atoms with Crippen LogP contribution < -0.4 is 5.32 Å². The molecular weight excluding hydrogens is 372 g/mol. The number of nitrogens with zero attached hydrogens (tertiary/aromatic N) is 1. The van der Waals surface area contributed by atoms with Crippen molar-refractivity contribution in [1.82, 2.24) is 4.31 Å². The number of rotatable bonds is 4. The Hall–Kier alpha value is -1.89. The second kappa shape index (κ2) is 7.78. The van der Waals surface area contributed by atoms with E-state index in [1.165, 1.54) is 4.31 Å². The highest BCUT2D eigenvalue weighted by molar-refractivity contribution is 7.89. The average molecular weight is 393 g/mol. The van der Waals surface area contributed by atoms with Gasteiger partial charge in [0.25, 0.3) is 0 Å². The average Bonchev–Trinajstić information content (AvgIpc) is 2.64. The van der Waals surface area contributed by atoms with E-state index in [1.807, 2.05) is 6.92 Å². The van der Waals surface area contributed by atoms with Gasteiger partial charge in [0.15, 0.2) is 0 Å². The van der Waals surface area contributed by atoms with Crippen LogP contribution in [0.25, 0.3) is 0 Å². The summed E-state index contributed by atoms with van der Waals surface area (Å²) in [5.41, 5.74) is 1.70. The van der Waals surface area contributed by atoms with Gasteiger partial charge in [-0.15, -0.1) is 0 Å². The minimum atomic E-state index is -3.50. The van der Waals surface area contributed by atoms with Gasteiger partial charge in [-0.05, 0) is 56.2 Å². The van der Waals surface area contributed by atoms with Crippen LogP contribution in [0.2, 0.25) is 5.02 Å². The summed E-state index contributed by atoms with van der Waals surface area (Å²) in [5, 5.41) is 3.47. The quantitative estimate of drug-likeness (QED) is 0.862. The van der Waals surface area contributed by atoms with Crippen molar-refractivity contribution in [3.8, 4) is 0 Å². The van der Waals surface area contributed by atoms with Crippen LogP contribution >= 0.6 is 11.6 Å². The Bertz CT molecular complexity index is 872. The van der Waals surface area contributed by atoms with E-state index in [9.17, 15) is 13.2 Å². The molecule has 1 heterocycles. The first-order chi connectivity index (χ1) is 12.4. The lowest BCUT2D eigenvalue weighted by molar-refractivity contribution is -0.120. The topological polar surface area (TPSA) is 66.5 Å². The summed E-state index contributed by atoms with van der Waals surface area (Å²) < 4.78 is 26.9. The van der Waals surface area contributed by atoms with E-state index in [0.29, 0.717) is 41.5 Å². The third-order valence-electron chi connectivity index (χ3n) is 4.60. The first kappa shape index (κ1) is 18.9. The maximum atomic E-state index is 12.7. The highest BCUT2D eigenvalue weighted by Gasteiger charge is 2.32. The molecule has 7 heteroatoms. The van der Waals surface area contributed by atoms with Gasteiger partial charge in [0.2, 0.25) is 15.9 Å². The Kier molecular flexibility index (Phi) is 5.65. The van der Waals surface area contributed by atoms with Crippen LogP contribution in [0.15, 0.2) is 53.4 Å². The number of nitrogens with one attached hydrogen (secondary N) is 1. The SMILES string of the molecule is Cc1ccc(S(=O)(=O)N2CCC(C(=O)Nc3ccc(Cl)cc3)CC2)cc1. The van der Waals surface area contributed by atoms with Crippen LogP contribution in [0.3, 0.4) is 0 Å². The fourth-order valence-electron chi connectivity index (χ4n) is 3.00. The molecule has 1 saturated heterocycles. The molecule has 2 aromatic carbocycles. The molecule has 0 atom stereocenters. The summed E-state index contributed by atoms with van der Waals surface area (Å²) in [6, 6.07) is 13.8. The van der Waals surface area contributed by atoms with Crippen LogP contribution in [-0.4, -0.2) is 31.7 Å². The highest BCUT2D eigenvalue weighted by Crippen LogP contribution is 2.25. The van der Waals surface area contributed by atoms with Gasteiger partial charge in [0, 0.05) is 29.7 Å². The van der Waals surface area contributed by atoms with Crippen molar-refractivity contribution in [3.63, 3.8) is 0 Å². The molecule has 3 rings (SSSR count). The molecule has 0 spiro atoms. The van der Waals surface area contributed by atoms with Crippen LogP contribution in [0.4, 0.5) is 5.69 Å².